The second kappa shape index (κ2) is 6.60. The third-order valence-corrected chi connectivity index (χ3v) is 3.75. The van der Waals surface area contributed by atoms with Gasteiger partial charge in [0.15, 0.2) is 17.3 Å². The van der Waals surface area contributed by atoms with Crippen molar-refractivity contribution < 1.29 is 28.7 Å². The van der Waals surface area contributed by atoms with Gasteiger partial charge in [0, 0.05) is 23.3 Å². The number of nitro benzene ring substituents is 1. The second-order valence-electron chi connectivity index (χ2n) is 5.25. The van der Waals surface area contributed by atoms with E-state index >= 15 is 0 Å². The number of nitrogens with zero attached hydrogens (tertiary/aromatic N) is 1. The molecule has 25 heavy (non-hydrogen) atoms. The molecule has 1 aliphatic rings. The molecule has 2 aromatic rings. The number of hydrogen-bond acceptors (Lipinski definition) is 7. The summed E-state index contributed by atoms with van der Waals surface area (Å²) in [5, 5.41) is 10.7. The standard InChI is InChI=1S/C17H13NO7/c1-23-16(19)7-11-6-14-15(25-9-24-14)8-13(11)17(20)10-2-4-12(5-3-10)18(21)22/h2-6,8H,7,9H2,1H3. The lowest BCUT2D eigenvalue weighted by Gasteiger charge is -2.10. The van der Waals surface area contributed by atoms with E-state index in [1.54, 1.807) is 6.07 Å². The quantitative estimate of drug-likeness (QED) is 0.355. The van der Waals surface area contributed by atoms with Crippen LogP contribution in [0.4, 0.5) is 5.69 Å². The fourth-order valence-electron chi connectivity index (χ4n) is 2.46. The van der Waals surface area contributed by atoms with Crippen LogP contribution in [0.2, 0.25) is 0 Å². The van der Waals surface area contributed by atoms with Crippen LogP contribution in [0.3, 0.4) is 0 Å². The molecule has 0 spiro atoms. The van der Waals surface area contributed by atoms with Gasteiger partial charge in [0.25, 0.3) is 5.69 Å². The van der Waals surface area contributed by atoms with Gasteiger partial charge in [-0.15, -0.1) is 0 Å². The molecule has 3 rings (SSSR count). The van der Waals surface area contributed by atoms with E-state index in [0.717, 1.165) is 0 Å². The number of carbonyl (C=O) groups excluding carboxylic acids is 2. The van der Waals surface area contributed by atoms with Crippen LogP contribution >= 0.6 is 0 Å². The monoisotopic (exact) mass is 343 g/mol. The number of fused-ring (bicyclic) bond motifs is 1. The van der Waals surface area contributed by atoms with Crippen molar-refractivity contribution in [2.75, 3.05) is 13.9 Å². The summed E-state index contributed by atoms with van der Waals surface area (Å²) in [6.07, 6.45) is -0.110. The third kappa shape index (κ3) is 3.27. The minimum absolute atomic E-state index is 0.0299. The van der Waals surface area contributed by atoms with Crippen LogP contribution in [0.25, 0.3) is 0 Å². The zero-order valence-corrected chi connectivity index (χ0v) is 13.2. The molecule has 8 nitrogen and oxygen atoms in total. The number of ketones is 1. The number of hydrogen-bond donors (Lipinski definition) is 0. The lowest BCUT2D eigenvalue weighted by molar-refractivity contribution is -0.384. The third-order valence-electron chi connectivity index (χ3n) is 3.75. The van der Waals surface area contributed by atoms with Crippen molar-refractivity contribution in [3.05, 3.63) is 63.2 Å². The van der Waals surface area contributed by atoms with E-state index in [9.17, 15) is 19.7 Å². The molecule has 8 heteroatoms. The Kier molecular flexibility index (Phi) is 4.34. The van der Waals surface area contributed by atoms with Crippen LogP contribution in [0.5, 0.6) is 11.5 Å². The SMILES string of the molecule is COC(=O)Cc1cc2c(cc1C(=O)c1ccc([N+](=O)[O-])cc1)OCO2. The van der Waals surface area contributed by atoms with E-state index in [4.69, 9.17) is 9.47 Å². The number of nitro groups is 1. The average Bonchev–Trinajstić information content (AvgIpc) is 3.07. The maximum Gasteiger partial charge on any atom is 0.310 e. The first kappa shape index (κ1) is 16.4. The number of methoxy groups -OCH3 is 1. The Hall–Kier alpha value is -3.42. The molecule has 0 saturated heterocycles. The van der Waals surface area contributed by atoms with Crippen molar-refractivity contribution in [1.29, 1.82) is 0 Å². The van der Waals surface area contributed by atoms with E-state index in [2.05, 4.69) is 4.74 Å². The first-order valence-electron chi connectivity index (χ1n) is 7.28. The Morgan fingerprint density at radius 1 is 1.16 bits per heavy atom. The molecule has 1 heterocycles. The largest absolute Gasteiger partial charge is 0.469 e. The Morgan fingerprint density at radius 2 is 1.80 bits per heavy atom. The molecule has 0 amide bonds. The first-order valence-corrected chi connectivity index (χ1v) is 7.28. The Labute approximate surface area is 142 Å². The van der Waals surface area contributed by atoms with E-state index < -0.39 is 10.9 Å². The van der Waals surface area contributed by atoms with Gasteiger partial charge >= 0.3 is 5.97 Å². The molecule has 128 valence electrons. The summed E-state index contributed by atoms with van der Waals surface area (Å²) in [5.41, 5.74) is 0.829. The van der Waals surface area contributed by atoms with Crippen LogP contribution < -0.4 is 9.47 Å². The van der Waals surface area contributed by atoms with Gasteiger partial charge in [-0.2, -0.15) is 0 Å². The normalized spacial score (nSPS) is 11.9. The topological polar surface area (TPSA) is 105 Å². The van der Waals surface area contributed by atoms with Crippen molar-refractivity contribution in [3.63, 3.8) is 0 Å². The molecular weight excluding hydrogens is 330 g/mol. The van der Waals surface area contributed by atoms with Crippen molar-refractivity contribution in [1.82, 2.24) is 0 Å². The maximum atomic E-state index is 12.8. The molecule has 0 aliphatic carbocycles. The van der Waals surface area contributed by atoms with Crippen molar-refractivity contribution in [3.8, 4) is 11.5 Å². The average molecular weight is 343 g/mol. The molecule has 0 aromatic heterocycles. The lowest BCUT2D eigenvalue weighted by atomic mass is 9.95. The smallest absolute Gasteiger partial charge is 0.310 e. The van der Waals surface area contributed by atoms with E-state index in [1.165, 1.54) is 37.4 Å². The van der Waals surface area contributed by atoms with Gasteiger partial charge in [-0.3, -0.25) is 19.7 Å². The highest BCUT2D eigenvalue weighted by Crippen LogP contribution is 2.36. The van der Waals surface area contributed by atoms with Gasteiger partial charge in [-0.1, -0.05) is 0 Å². The van der Waals surface area contributed by atoms with Crippen LogP contribution in [-0.4, -0.2) is 30.6 Å². The number of benzene rings is 2. The summed E-state index contributed by atoms with van der Waals surface area (Å²) in [5.74, 6) is -0.0401. The molecule has 1 aliphatic heterocycles. The molecule has 0 radical (unpaired) electrons. The minimum atomic E-state index is -0.544. The van der Waals surface area contributed by atoms with Gasteiger partial charge in [-0.05, 0) is 29.8 Å². The molecule has 0 bridgehead atoms. The zero-order chi connectivity index (χ0) is 18.0. The summed E-state index contributed by atoms with van der Waals surface area (Å²) in [4.78, 5) is 34.6. The van der Waals surface area contributed by atoms with Crippen LogP contribution in [0, 0.1) is 10.1 Å². The number of ether oxygens (including phenoxy) is 3. The van der Waals surface area contributed by atoms with Crippen molar-refractivity contribution >= 4 is 17.4 Å². The minimum Gasteiger partial charge on any atom is -0.469 e. The first-order chi connectivity index (χ1) is 12.0. The van der Waals surface area contributed by atoms with Crippen LogP contribution in [0.15, 0.2) is 36.4 Å². The lowest BCUT2D eigenvalue weighted by Crippen LogP contribution is -2.11. The second-order valence-corrected chi connectivity index (χ2v) is 5.25. The molecule has 2 aromatic carbocycles. The van der Waals surface area contributed by atoms with E-state index in [0.29, 0.717) is 17.1 Å². The fraction of sp³-hybridized carbons (Fsp3) is 0.176. The van der Waals surface area contributed by atoms with E-state index in [1.807, 2.05) is 0 Å². The van der Waals surface area contributed by atoms with Gasteiger partial charge in [0.2, 0.25) is 6.79 Å². The zero-order valence-electron chi connectivity index (χ0n) is 13.2. The number of non-ortho nitro benzene ring substituents is 1. The highest BCUT2D eigenvalue weighted by molar-refractivity contribution is 6.10. The number of carbonyl (C=O) groups is 2. The van der Waals surface area contributed by atoms with Gasteiger partial charge < -0.3 is 14.2 Å². The Balaban J connectivity index is 2.00. The molecule has 0 fully saturated rings. The van der Waals surface area contributed by atoms with Gasteiger partial charge in [0.1, 0.15) is 0 Å². The summed E-state index contributed by atoms with van der Waals surface area (Å²) >= 11 is 0. The molecule has 0 atom stereocenters. The molecule has 0 N–H and O–H groups in total. The predicted molar refractivity (Wildman–Crippen MR) is 84.8 cm³/mol. The fourth-order valence-corrected chi connectivity index (χ4v) is 2.46. The summed E-state index contributed by atoms with van der Waals surface area (Å²) in [6.45, 7) is 0.0299. The Morgan fingerprint density at radius 3 is 2.40 bits per heavy atom. The van der Waals surface area contributed by atoms with Crippen LogP contribution in [-0.2, 0) is 16.0 Å². The van der Waals surface area contributed by atoms with Gasteiger partial charge in [0.05, 0.1) is 18.5 Å². The van der Waals surface area contributed by atoms with Crippen molar-refractivity contribution in [2.24, 2.45) is 0 Å². The Bertz CT molecular complexity index is 858. The highest BCUT2D eigenvalue weighted by Gasteiger charge is 2.23. The van der Waals surface area contributed by atoms with Crippen molar-refractivity contribution in [2.45, 2.75) is 6.42 Å². The summed E-state index contributed by atoms with van der Waals surface area (Å²) in [7, 11) is 1.26. The van der Waals surface area contributed by atoms with Crippen LogP contribution in [0.1, 0.15) is 21.5 Å². The predicted octanol–water partition coefficient (Wildman–Crippen LogP) is 2.27. The van der Waals surface area contributed by atoms with E-state index in [-0.39, 0.29) is 35.8 Å². The number of esters is 1. The molecular formula is C17H13NO7. The maximum absolute atomic E-state index is 12.8. The number of rotatable bonds is 5. The summed E-state index contributed by atoms with van der Waals surface area (Å²) < 4.78 is 15.2. The molecule has 0 saturated carbocycles. The summed E-state index contributed by atoms with van der Waals surface area (Å²) in [6, 6.07) is 8.31. The highest BCUT2D eigenvalue weighted by atomic mass is 16.7. The van der Waals surface area contributed by atoms with Gasteiger partial charge in [-0.25, -0.2) is 0 Å². The molecule has 0 unspecified atom stereocenters.